The molecule has 1 aromatic rings. The van der Waals surface area contributed by atoms with Crippen LogP contribution in [0.5, 0.6) is 5.75 Å². The first-order valence-corrected chi connectivity index (χ1v) is 6.16. The van der Waals surface area contributed by atoms with Crippen molar-refractivity contribution in [3.8, 4) is 5.75 Å². The number of benzene rings is 1. The summed E-state index contributed by atoms with van der Waals surface area (Å²) in [6.45, 7) is 1.81. The van der Waals surface area contributed by atoms with Gasteiger partial charge in [-0.3, -0.25) is 14.9 Å². The van der Waals surface area contributed by atoms with Crippen LogP contribution >= 0.6 is 0 Å². The molecule has 0 saturated carbocycles. The predicted octanol–water partition coefficient (Wildman–Crippen LogP) is 0.617. The monoisotopic (exact) mass is 281 g/mol. The van der Waals surface area contributed by atoms with Gasteiger partial charge < -0.3 is 20.5 Å². The average molecular weight is 281 g/mol. The maximum Gasteiger partial charge on any atom is 0.296 e. The largest absolute Gasteiger partial charge is 0.505 e. The molecule has 8 heteroatoms. The zero-order valence-corrected chi connectivity index (χ0v) is 10.7. The molecule has 108 valence electrons. The Bertz CT molecular complexity index is 514. The van der Waals surface area contributed by atoms with Gasteiger partial charge in [-0.2, -0.15) is 0 Å². The lowest BCUT2D eigenvalue weighted by Crippen LogP contribution is -2.40. The maximum atomic E-state index is 11.9. The van der Waals surface area contributed by atoms with Crippen molar-refractivity contribution in [2.75, 3.05) is 25.0 Å². The molecular weight excluding hydrogens is 266 g/mol. The minimum absolute atomic E-state index is 0.0679. The van der Waals surface area contributed by atoms with Crippen molar-refractivity contribution in [1.29, 1.82) is 0 Å². The molecule has 1 aliphatic heterocycles. The van der Waals surface area contributed by atoms with E-state index in [-0.39, 0.29) is 29.6 Å². The molecule has 8 nitrogen and oxygen atoms in total. The highest BCUT2D eigenvalue weighted by Gasteiger charge is 2.22. The van der Waals surface area contributed by atoms with Crippen molar-refractivity contribution in [1.82, 2.24) is 5.32 Å². The van der Waals surface area contributed by atoms with Crippen LogP contribution in [0.3, 0.4) is 0 Å². The number of nitro groups is 1. The van der Waals surface area contributed by atoms with Crippen LogP contribution in [0.4, 0.5) is 11.4 Å². The number of para-hydroxylation sites is 1. The van der Waals surface area contributed by atoms with Crippen LogP contribution < -0.4 is 10.6 Å². The summed E-state index contributed by atoms with van der Waals surface area (Å²) in [5.41, 5.74) is -0.535. The number of nitrogens with one attached hydrogen (secondary N) is 2. The van der Waals surface area contributed by atoms with E-state index in [0.717, 1.165) is 6.54 Å². The zero-order valence-electron chi connectivity index (χ0n) is 10.7. The second-order valence-corrected chi connectivity index (χ2v) is 4.38. The molecule has 1 saturated heterocycles. The van der Waals surface area contributed by atoms with Gasteiger partial charge in [-0.25, -0.2) is 0 Å². The second-order valence-electron chi connectivity index (χ2n) is 4.38. The standard InChI is InChI=1S/C12H15N3O5/c16-10-3-1-2-9(15(18)19)12(10)14-11(17)6-8-7-13-4-5-20-8/h1-3,8,13,16H,4-7H2,(H,14,17). The van der Waals surface area contributed by atoms with Crippen molar-refractivity contribution >= 4 is 17.3 Å². The number of nitro benzene ring substituents is 1. The van der Waals surface area contributed by atoms with Crippen molar-refractivity contribution in [2.45, 2.75) is 12.5 Å². The number of hydrogen-bond acceptors (Lipinski definition) is 6. The Balaban J connectivity index is 2.05. The Kier molecular flexibility index (Phi) is 4.49. The molecule has 0 spiro atoms. The van der Waals surface area contributed by atoms with Crippen molar-refractivity contribution in [3.05, 3.63) is 28.3 Å². The van der Waals surface area contributed by atoms with Gasteiger partial charge in [0.2, 0.25) is 5.91 Å². The molecule has 1 fully saturated rings. The number of aromatic hydroxyl groups is 1. The highest BCUT2D eigenvalue weighted by molar-refractivity contribution is 5.95. The number of phenols is 1. The average Bonchev–Trinajstić information content (AvgIpc) is 2.42. The fourth-order valence-corrected chi connectivity index (χ4v) is 1.96. The first-order chi connectivity index (χ1) is 9.58. The molecule has 0 aliphatic carbocycles. The summed E-state index contributed by atoms with van der Waals surface area (Å²) in [4.78, 5) is 22.1. The second kappa shape index (κ2) is 6.31. The van der Waals surface area contributed by atoms with E-state index in [0.29, 0.717) is 13.2 Å². The Labute approximate surface area is 114 Å². The molecule has 3 N–H and O–H groups in total. The molecule has 1 aliphatic rings. The van der Waals surface area contributed by atoms with Crippen LogP contribution in [0.2, 0.25) is 0 Å². The quantitative estimate of drug-likeness (QED) is 0.423. The summed E-state index contributed by atoms with van der Waals surface area (Å²) in [6, 6.07) is 3.84. The van der Waals surface area contributed by atoms with E-state index in [1.54, 1.807) is 0 Å². The van der Waals surface area contributed by atoms with E-state index < -0.39 is 10.8 Å². The third-order valence-corrected chi connectivity index (χ3v) is 2.90. The van der Waals surface area contributed by atoms with Crippen LogP contribution in [0.15, 0.2) is 18.2 Å². The third-order valence-electron chi connectivity index (χ3n) is 2.90. The van der Waals surface area contributed by atoms with Crippen molar-refractivity contribution in [3.63, 3.8) is 0 Å². The summed E-state index contributed by atoms with van der Waals surface area (Å²) < 4.78 is 5.37. The lowest BCUT2D eigenvalue weighted by atomic mass is 10.2. The number of morpholine rings is 1. The predicted molar refractivity (Wildman–Crippen MR) is 70.6 cm³/mol. The molecule has 1 atom stereocenters. The Hall–Kier alpha value is -2.19. The first kappa shape index (κ1) is 14.2. The van der Waals surface area contributed by atoms with Gasteiger partial charge in [0.05, 0.1) is 24.1 Å². The topological polar surface area (TPSA) is 114 Å². The van der Waals surface area contributed by atoms with E-state index in [9.17, 15) is 20.0 Å². The van der Waals surface area contributed by atoms with Gasteiger partial charge in [-0.1, -0.05) is 6.07 Å². The van der Waals surface area contributed by atoms with Crippen LogP contribution in [0.25, 0.3) is 0 Å². The molecule has 20 heavy (non-hydrogen) atoms. The number of hydrogen-bond donors (Lipinski definition) is 3. The van der Waals surface area contributed by atoms with Crippen molar-refractivity contribution in [2.24, 2.45) is 0 Å². The third kappa shape index (κ3) is 3.43. The molecule has 0 aromatic heterocycles. The first-order valence-electron chi connectivity index (χ1n) is 6.16. The lowest BCUT2D eigenvalue weighted by molar-refractivity contribution is -0.384. The number of rotatable bonds is 4. The number of ether oxygens (including phenoxy) is 1. The van der Waals surface area contributed by atoms with Crippen LogP contribution in [0.1, 0.15) is 6.42 Å². The van der Waals surface area contributed by atoms with Gasteiger partial charge in [0, 0.05) is 19.2 Å². The number of carbonyl (C=O) groups is 1. The number of carbonyl (C=O) groups excluding carboxylic acids is 1. The minimum Gasteiger partial charge on any atom is -0.505 e. The van der Waals surface area contributed by atoms with Gasteiger partial charge in [-0.05, 0) is 6.07 Å². The lowest BCUT2D eigenvalue weighted by Gasteiger charge is -2.23. The van der Waals surface area contributed by atoms with Crippen molar-refractivity contribution < 1.29 is 19.6 Å². The molecule has 1 amide bonds. The summed E-state index contributed by atoms with van der Waals surface area (Å²) in [5.74, 6) is -0.779. The number of phenolic OH excluding ortho intramolecular Hbond substituents is 1. The number of amides is 1. The van der Waals surface area contributed by atoms with E-state index in [1.807, 2.05) is 0 Å². The van der Waals surface area contributed by atoms with Gasteiger partial charge in [0.25, 0.3) is 5.69 Å². The molecule has 1 aromatic carbocycles. The van der Waals surface area contributed by atoms with Crippen LogP contribution in [-0.4, -0.2) is 41.7 Å². The Morgan fingerprint density at radius 2 is 2.40 bits per heavy atom. The molecular formula is C12H15N3O5. The summed E-state index contributed by atoms with van der Waals surface area (Å²) >= 11 is 0. The molecule has 1 heterocycles. The molecule has 1 unspecified atom stereocenters. The van der Waals surface area contributed by atoms with Gasteiger partial charge >= 0.3 is 0 Å². The van der Waals surface area contributed by atoms with Crippen LogP contribution in [-0.2, 0) is 9.53 Å². The summed E-state index contributed by atoms with van der Waals surface area (Å²) in [5, 5.41) is 25.9. The minimum atomic E-state index is -0.659. The Morgan fingerprint density at radius 1 is 1.60 bits per heavy atom. The molecule has 0 radical (unpaired) electrons. The van der Waals surface area contributed by atoms with E-state index in [4.69, 9.17) is 4.74 Å². The smallest absolute Gasteiger partial charge is 0.296 e. The van der Waals surface area contributed by atoms with E-state index in [1.165, 1.54) is 18.2 Å². The van der Waals surface area contributed by atoms with Gasteiger partial charge in [0.1, 0.15) is 5.75 Å². The Morgan fingerprint density at radius 3 is 3.05 bits per heavy atom. The van der Waals surface area contributed by atoms with Crippen LogP contribution in [0, 0.1) is 10.1 Å². The fraction of sp³-hybridized carbons (Fsp3) is 0.417. The summed E-state index contributed by atoms with van der Waals surface area (Å²) in [7, 11) is 0. The number of anilines is 1. The maximum absolute atomic E-state index is 11.9. The highest BCUT2D eigenvalue weighted by atomic mass is 16.6. The fourth-order valence-electron chi connectivity index (χ4n) is 1.96. The van der Waals surface area contributed by atoms with E-state index in [2.05, 4.69) is 10.6 Å². The molecule has 2 rings (SSSR count). The summed E-state index contributed by atoms with van der Waals surface area (Å²) in [6.07, 6.45) is -0.202. The zero-order chi connectivity index (χ0) is 14.5. The van der Waals surface area contributed by atoms with Gasteiger partial charge in [0.15, 0.2) is 5.69 Å². The normalized spacial score (nSPS) is 18.5. The SMILES string of the molecule is O=C(CC1CNCCO1)Nc1c(O)cccc1[N+](=O)[O-]. The van der Waals surface area contributed by atoms with Gasteiger partial charge in [-0.15, -0.1) is 0 Å². The highest BCUT2D eigenvalue weighted by Crippen LogP contribution is 2.33. The van der Waals surface area contributed by atoms with E-state index >= 15 is 0 Å². The number of nitrogens with zero attached hydrogens (tertiary/aromatic N) is 1. The molecule has 0 bridgehead atoms.